The summed E-state index contributed by atoms with van der Waals surface area (Å²) in [5, 5.41) is 3.36. The molecule has 1 fully saturated rings. The van der Waals surface area contributed by atoms with E-state index in [0.717, 1.165) is 25.9 Å². The molecule has 1 aliphatic rings. The Morgan fingerprint density at radius 2 is 2.11 bits per heavy atom. The van der Waals surface area contributed by atoms with Crippen molar-refractivity contribution in [1.82, 2.24) is 4.90 Å². The predicted octanol–water partition coefficient (Wildman–Crippen LogP) is 1.97. The molecule has 0 unspecified atom stereocenters. The summed E-state index contributed by atoms with van der Waals surface area (Å²) in [6.45, 7) is 2.10. The Bertz CT molecular complexity index is 442. The molecule has 0 aliphatic carbocycles. The van der Waals surface area contributed by atoms with Crippen LogP contribution in [0.1, 0.15) is 18.4 Å². The maximum absolute atomic E-state index is 13.7. The van der Waals surface area contributed by atoms with Gasteiger partial charge in [0, 0.05) is 11.7 Å². The fourth-order valence-corrected chi connectivity index (χ4v) is 2.48. The van der Waals surface area contributed by atoms with Crippen LogP contribution in [0.25, 0.3) is 0 Å². The molecule has 0 spiro atoms. The maximum atomic E-state index is 13.7. The van der Waals surface area contributed by atoms with Crippen molar-refractivity contribution >= 4 is 22.9 Å². The Kier molecular flexibility index (Phi) is 4.14. The number of hydrogen-bond acceptors (Lipinski definition) is 3. The summed E-state index contributed by atoms with van der Waals surface area (Å²) in [6, 6.07) is 5.25. The van der Waals surface area contributed by atoms with Gasteiger partial charge in [-0.3, -0.25) is 0 Å². The molecule has 3 N–H and O–H groups in total. The molecule has 3 nitrogen and oxygen atoms in total. The molecular formula is C13H18FN3S. The number of piperidine rings is 1. The van der Waals surface area contributed by atoms with Crippen molar-refractivity contribution in [3.8, 4) is 0 Å². The van der Waals surface area contributed by atoms with E-state index in [0.29, 0.717) is 17.3 Å². The highest BCUT2D eigenvalue weighted by atomic mass is 32.1. The van der Waals surface area contributed by atoms with Gasteiger partial charge in [-0.2, -0.15) is 0 Å². The lowest BCUT2D eigenvalue weighted by Gasteiger charge is -2.30. The molecule has 0 amide bonds. The van der Waals surface area contributed by atoms with Crippen LogP contribution in [-0.2, 0) is 0 Å². The number of hydrogen-bond donors (Lipinski definition) is 2. The smallest absolute Gasteiger partial charge is 0.135 e. The second-order valence-corrected chi connectivity index (χ2v) is 5.19. The van der Waals surface area contributed by atoms with Crippen molar-refractivity contribution in [1.29, 1.82) is 0 Å². The molecule has 1 saturated heterocycles. The van der Waals surface area contributed by atoms with Crippen molar-refractivity contribution in [3.05, 3.63) is 29.6 Å². The highest BCUT2D eigenvalue weighted by Crippen LogP contribution is 2.22. The van der Waals surface area contributed by atoms with Gasteiger partial charge in [0.05, 0.1) is 5.56 Å². The highest BCUT2D eigenvalue weighted by Gasteiger charge is 2.19. The second kappa shape index (κ2) is 5.63. The number of anilines is 1. The minimum absolute atomic E-state index is 0.100. The van der Waals surface area contributed by atoms with E-state index >= 15 is 0 Å². The SMILES string of the molecule is CN1CCC(Nc2cccc(F)c2C(N)=S)CC1. The topological polar surface area (TPSA) is 41.3 Å². The summed E-state index contributed by atoms with van der Waals surface area (Å²) < 4.78 is 13.7. The number of likely N-dealkylation sites (tertiary alicyclic amines) is 1. The highest BCUT2D eigenvalue weighted by molar-refractivity contribution is 7.80. The minimum atomic E-state index is -0.361. The number of nitrogens with one attached hydrogen (secondary N) is 1. The zero-order valence-electron chi connectivity index (χ0n) is 10.4. The van der Waals surface area contributed by atoms with Gasteiger partial charge < -0.3 is 16.0 Å². The van der Waals surface area contributed by atoms with E-state index in [-0.39, 0.29) is 10.8 Å². The van der Waals surface area contributed by atoms with Crippen LogP contribution >= 0.6 is 12.2 Å². The second-order valence-electron chi connectivity index (χ2n) is 4.75. The summed E-state index contributed by atoms with van der Waals surface area (Å²) in [7, 11) is 2.11. The van der Waals surface area contributed by atoms with Crippen LogP contribution in [0, 0.1) is 5.82 Å². The normalized spacial score (nSPS) is 17.7. The predicted molar refractivity (Wildman–Crippen MR) is 76.4 cm³/mol. The Balaban J connectivity index is 2.14. The Labute approximate surface area is 112 Å². The molecule has 0 saturated carbocycles. The molecular weight excluding hydrogens is 249 g/mol. The van der Waals surface area contributed by atoms with Crippen LogP contribution in [0.5, 0.6) is 0 Å². The lowest BCUT2D eigenvalue weighted by Crippen LogP contribution is -2.37. The van der Waals surface area contributed by atoms with Gasteiger partial charge in [-0.1, -0.05) is 18.3 Å². The third-order valence-electron chi connectivity index (χ3n) is 3.34. The number of nitrogens with two attached hydrogens (primary N) is 1. The van der Waals surface area contributed by atoms with Crippen LogP contribution in [0.4, 0.5) is 10.1 Å². The molecule has 18 heavy (non-hydrogen) atoms. The fourth-order valence-electron chi connectivity index (χ4n) is 2.27. The first-order chi connectivity index (χ1) is 8.58. The van der Waals surface area contributed by atoms with E-state index in [1.807, 2.05) is 6.07 Å². The average Bonchev–Trinajstić information content (AvgIpc) is 2.32. The first-order valence-electron chi connectivity index (χ1n) is 6.11. The van der Waals surface area contributed by atoms with Crippen LogP contribution in [0.15, 0.2) is 18.2 Å². The summed E-state index contributed by atoms with van der Waals surface area (Å²) in [5.41, 5.74) is 6.62. The molecule has 1 aromatic rings. The zero-order valence-corrected chi connectivity index (χ0v) is 11.3. The monoisotopic (exact) mass is 267 g/mol. The lowest BCUT2D eigenvalue weighted by molar-refractivity contribution is 0.264. The largest absolute Gasteiger partial charge is 0.389 e. The molecule has 0 bridgehead atoms. The standard InChI is InChI=1S/C13H18FN3S/c1-17-7-5-9(6-8-17)16-11-4-2-3-10(14)12(11)13(15)18/h2-4,9,16H,5-8H2,1H3,(H2,15,18). The Hall–Kier alpha value is -1.20. The first-order valence-corrected chi connectivity index (χ1v) is 6.52. The Morgan fingerprint density at radius 3 is 2.72 bits per heavy atom. The van der Waals surface area contributed by atoms with Gasteiger partial charge in [0.1, 0.15) is 10.8 Å². The number of rotatable bonds is 3. The molecule has 5 heteroatoms. The summed E-state index contributed by atoms with van der Waals surface area (Å²) in [6.07, 6.45) is 2.09. The van der Waals surface area contributed by atoms with Crippen LogP contribution in [-0.4, -0.2) is 36.1 Å². The van der Waals surface area contributed by atoms with Gasteiger partial charge >= 0.3 is 0 Å². The van der Waals surface area contributed by atoms with Gasteiger partial charge in [0.2, 0.25) is 0 Å². The molecule has 0 radical (unpaired) electrons. The van der Waals surface area contributed by atoms with E-state index in [1.54, 1.807) is 6.07 Å². The summed E-state index contributed by atoms with van der Waals surface area (Å²) in [5.74, 6) is -0.361. The van der Waals surface area contributed by atoms with Crippen LogP contribution in [0.3, 0.4) is 0 Å². The molecule has 2 rings (SSSR count). The van der Waals surface area contributed by atoms with Crippen molar-refractivity contribution in [3.63, 3.8) is 0 Å². The molecule has 1 aromatic carbocycles. The van der Waals surface area contributed by atoms with Gasteiger partial charge in [0.25, 0.3) is 0 Å². The maximum Gasteiger partial charge on any atom is 0.135 e. The van der Waals surface area contributed by atoms with E-state index < -0.39 is 0 Å². The van der Waals surface area contributed by atoms with E-state index in [2.05, 4.69) is 17.3 Å². The molecule has 1 heterocycles. The average molecular weight is 267 g/mol. The lowest BCUT2D eigenvalue weighted by atomic mass is 10.0. The van der Waals surface area contributed by atoms with Gasteiger partial charge in [0.15, 0.2) is 0 Å². The number of nitrogens with zero attached hydrogens (tertiary/aromatic N) is 1. The number of benzene rings is 1. The van der Waals surface area contributed by atoms with Gasteiger partial charge in [-0.25, -0.2) is 4.39 Å². The van der Waals surface area contributed by atoms with Crippen molar-refractivity contribution in [2.75, 3.05) is 25.5 Å². The molecule has 98 valence electrons. The first kappa shape index (κ1) is 13.2. The van der Waals surface area contributed by atoms with Crippen LogP contribution in [0.2, 0.25) is 0 Å². The minimum Gasteiger partial charge on any atom is -0.389 e. The zero-order chi connectivity index (χ0) is 13.1. The van der Waals surface area contributed by atoms with Crippen molar-refractivity contribution < 1.29 is 4.39 Å². The summed E-state index contributed by atoms with van der Waals surface area (Å²) in [4.78, 5) is 2.39. The van der Waals surface area contributed by atoms with Crippen molar-refractivity contribution in [2.45, 2.75) is 18.9 Å². The molecule has 0 atom stereocenters. The Morgan fingerprint density at radius 1 is 1.44 bits per heavy atom. The molecule has 0 aromatic heterocycles. The fraction of sp³-hybridized carbons (Fsp3) is 0.462. The third kappa shape index (κ3) is 2.97. The van der Waals surface area contributed by atoms with Crippen molar-refractivity contribution in [2.24, 2.45) is 5.73 Å². The number of thiocarbonyl (C=S) groups is 1. The van der Waals surface area contributed by atoms with E-state index in [1.165, 1.54) is 6.07 Å². The van der Waals surface area contributed by atoms with Gasteiger partial charge in [-0.05, 0) is 45.1 Å². The molecule has 1 aliphatic heterocycles. The van der Waals surface area contributed by atoms with E-state index in [9.17, 15) is 4.39 Å². The quantitative estimate of drug-likeness (QED) is 0.822. The third-order valence-corrected chi connectivity index (χ3v) is 3.54. The number of halogens is 1. The van der Waals surface area contributed by atoms with Gasteiger partial charge in [-0.15, -0.1) is 0 Å². The van der Waals surface area contributed by atoms with E-state index in [4.69, 9.17) is 18.0 Å². The van der Waals surface area contributed by atoms with Crippen LogP contribution < -0.4 is 11.1 Å². The summed E-state index contributed by atoms with van der Waals surface area (Å²) >= 11 is 4.91.